The highest BCUT2D eigenvalue weighted by Gasteiger charge is 2.01. The van der Waals surface area contributed by atoms with E-state index in [9.17, 15) is 4.79 Å². The number of nitrogens with two attached hydrogens (primary N) is 1. The van der Waals surface area contributed by atoms with Crippen molar-refractivity contribution in [2.24, 2.45) is 0 Å². The number of rotatable bonds is 5. The second-order valence-corrected chi connectivity index (χ2v) is 3.88. The van der Waals surface area contributed by atoms with Gasteiger partial charge in [0, 0.05) is 13.0 Å². The fraction of sp³-hybridized carbons (Fsp3) is 0.333. The number of pyridine rings is 1. The van der Waals surface area contributed by atoms with E-state index in [4.69, 9.17) is 10.8 Å². The number of aliphatic carboxylic acids is 1. The van der Waals surface area contributed by atoms with Crippen LogP contribution in [0.25, 0.3) is 0 Å². The minimum atomic E-state index is -0.791. The van der Waals surface area contributed by atoms with Gasteiger partial charge < -0.3 is 16.2 Å². The van der Waals surface area contributed by atoms with Crippen molar-refractivity contribution in [2.45, 2.75) is 12.8 Å². The third kappa shape index (κ3) is 4.16. The van der Waals surface area contributed by atoms with Gasteiger partial charge in [-0.3, -0.25) is 4.79 Å². The Hall–Kier alpha value is -1.30. The maximum atomic E-state index is 10.3. The highest BCUT2D eigenvalue weighted by atomic mass is 79.9. The molecule has 15 heavy (non-hydrogen) atoms. The van der Waals surface area contributed by atoms with Crippen molar-refractivity contribution in [3.8, 4) is 0 Å². The molecule has 6 heteroatoms. The molecule has 0 atom stereocenters. The topological polar surface area (TPSA) is 88.2 Å². The predicted octanol–water partition coefficient (Wildman–Crippen LogP) is 1.70. The molecule has 0 aliphatic rings. The molecule has 0 aliphatic carbocycles. The Kier molecular flexibility index (Phi) is 4.36. The lowest BCUT2D eigenvalue weighted by atomic mass is 10.3. The summed E-state index contributed by atoms with van der Waals surface area (Å²) in [4.78, 5) is 14.3. The molecule has 1 heterocycles. The van der Waals surface area contributed by atoms with E-state index >= 15 is 0 Å². The van der Waals surface area contributed by atoms with Crippen molar-refractivity contribution < 1.29 is 9.90 Å². The molecule has 82 valence electrons. The van der Waals surface area contributed by atoms with Gasteiger partial charge in [-0.1, -0.05) is 0 Å². The first-order valence-corrected chi connectivity index (χ1v) is 5.25. The summed E-state index contributed by atoms with van der Waals surface area (Å²) >= 11 is 3.31. The normalized spacial score (nSPS) is 9.93. The van der Waals surface area contributed by atoms with Gasteiger partial charge in [-0.15, -0.1) is 0 Å². The van der Waals surface area contributed by atoms with Crippen LogP contribution in [0.3, 0.4) is 0 Å². The first-order valence-electron chi connectivity index (χ1n) is 4.46. The van der Waals surface area contributed by atoms with E-state index in [2.05, 4.69) is 26.2 Å². The van der Waals surface area contributed by atoms with Gasteiger partial charge in [-0.2, -0.15) is 0 Å². The molecule has 0 amide bonds. The molecule has 0 spiro atoms. The van der Waals surface area contributed by atoms with Crippen LogP contribution in [0.1, 0.15) is 12.8 Å². The number of halogens is 1. The molecule has 0 fully saturated rings. The number of aromatic nitrogens is 1. The molecule has 1 aromatic heterocycles. The predicted molar refractivity (Wildman–Crippen MR) is 61.7 cm³/mol. The van der Waals surface area contributed by atoms with Gasteiger partial charge in [0.05, 0.1) is 16.4 Å². The van der Waals surface area contributed by atoms with Crippen molar-refractivity contribution in [2.75, 3.05) is 17.6 Å². The molecule has 0 unspecified atom stereocenters. The average Bonchev–Trinajstić information content (AvgIpc) is 2.14. The smallest absolute Gasteiger partial charge is 0.303 e. The highest BCUT2D eigenvalue weighted by Crippen LogP contribution is 2.21. The zero-order valence-electron chi connectivity index (χ0n) is 8.03. The van der Waals surface area contributed by atoms with Crippen molar-refractivity contribution in [3.63, 3.8) is 0 Å². The number of carbonyl (C=O) groups is 1. The number of anilines is 2. The molecule has 0 saturated carbocycles. The van der Waals surface area contributed by atoms with Crippen LogP contribution >= 0.6 is 15.9 Å². The lowest BCUT2D eigenvalue weighted by Crippen LogP contribution is -2.06. The fourth-order valence-electron chi connectivity index (χ4n) is 1.03. The van der Waals surface area contributed by atoms with Gasteiger partial charge in [0.25, 0.3) is 0 Å². The van der Waals surface area contributed by atoms with Gasteiger partial charge in [0.1, 0.15) is 5.82 Å². The Morgan fingerprint density at radius 2 is 2.40 bits per heavy atom. The van der Waals surface area contributed by atoms with Crippen LogP contribution in [-0.4, -0.2) is 22.6 Å². The van der Waals surface area contributed by atoms with Crippen molar-refractivity contribution >= 4 is 33.4 Å². The number of hydrogen-bond acceptors (Lipinski definition) is 4. The molecule has 0 aliphatic heterocycles. The summed E-state index contributed by atoms with van der Waals surface area (Å²) in [6.07, 6.45) is 2.26. The summed E-state index contributed by atoms with van der Waals surface area (Å²) in [7, 11) is 0. The van der Waals surface area contributed by atoms with Gasteiger partial charge in [0.15, 0.2) is 0 Å². The van der Waals surface area contributed by atoms with Crippen LogP contribution in [0.15, 0.2) is 16.7 Å². The van der Waals surface area contributed by atoms with E-state index in [1.807, 2.05) is 0 Å². The van der Waals surface area contributed by atoms with Gasteiger partial charge in [-0.25, -0.2) is 4.98 Å². The molecule has 1 aromatic rings. The van der Waals surface area contributed by atoms with E-state index < -0.39 is 5.97 Å². The monoisotopic (exact) mass is 273 g/mol. The molecule has 1 rings (SSSR count). The number of nitrogens with zero attached hydrogens (tertiary/aromatic N) is 1. The van der Waals surface area contributed by atoms with Crippen LogP contribution in [0.2, 0.25) is 0 Å². The second kappa shape index (κ2) is 5.55. The largest absolute Gasteiger partial charge is 0.481 e. The Labute approximate surface area is 95.8 Å². The van der Waals surface area contributed by atoms with E-state index in [0.29, 0.717) is 24.5 Å². The molecular formula is C9H12BrN3O2. The van der Waals surface area contributed by atoms with Crippen LogP contribution in [0.4, 0.5) is 11.5 Å². The quantitative estimate of drug-likeness (QED) is 0.711. The average molecular weight is 274 g/mol. The minimum absolute atomic E-state index is 0.152. The summed E-state index contributed by atoms with van der Waals surface area (Å²) in [5, 5.41) is 11.5. The SMILES string of the molecule is Nc1cnc(NCCCC(=O)O)c(Br)c1. The van der Waals surface area contributed by atoms with Gasteiger partial charge >= 0.3 is 5.97 Å². The fourth-order valence-corrected chi connectivity index (χ4v) is 1.54. The number of carboxylic acids is 1. The van der Waals surface area contributed by atoms with Crippen molar-refractivity contribution in [1.29, 1.82) is 0 Å². The van der Waals surface area contributed by atoms with Crippen LogP contribution < -0.4 is 11.1 Å². The summed E-state index contributed by atoms with van der Waals surface area (Å²) in [5.74, 6) is -0.115. The standard InChI is InChI=1S/C9H12BrN3O2/c10-7-4-6(11)5-13-9(7)12-3-1-2-8(14)15/h4-5H,1-3,11H2,(H,12,13)(H,14,15). The van der Waals surface area contributed by atoms with Gasteiger partial charge in [0.2, 0.25) is 0 Å². The summed E-state index contributed by atoms with van der Waals surface area (Å²) in [6, 6.07) is 1.74. The maximum Gasteiger partial charge on any atom is 0.303 e. The number of nitrogens with one attached hydrogen (secondary N) is 1. The molecule has 4 N–H and O–H groups in total. The number of carboxylic acid groups (broad SMARTS) is 1. The van der Waals surface area contributed by atoms with Crippen LogP contribution in [-0.2, 0) is 4.79 Å². The first-order chi connectivity index (χ1) is 7.09. The zero-order valence-corrected chi connectivity index (χ0v) is 9.62. The van der Waals surface area contributed by atoms with Crippen molar-refractivity contribution in [3.05, 3.63) is 16.7 Å². The highest BCUT2D eigenvalue weighted by molar-refractivity contribution is 9.10. The zero-order chi connectivity index (χ0) is 11.3. The first kappa shape index (κ1) is 11.8. The summed E-state index contributed by atoms with van der Waals surface area (Å²) in [5.41, 5.74) is 6.11. The number of hydrogen-bond donors (Lipinski definition) is 3. The number of nitrogen functional groups attached to an aromatic ring is 1. The molecular weight excluding hydrogens is 262 g/mol. The Morgan fingerprint density at radius 1 is 1.67 bits per heavy atom. The second-order valence-electron chi connectivity index (χ2n) is 3.02. The maximum absolute atomic E-state index is 10.3. The summed E-state index contributed by atoms with van der Waals surface area (Å²) in [6.45, 7) is 0.571. The lowest BCUT2D eigenvalue weighted by molar-refractivity contribution is -0.137. The lowest BCUT2D eigenvalue weighted by Gasteiger charge is -2.06. The third-order valence-electron chi connectivity index (χ3n) is 1.72. The van der Waals surface area contributed by atoms with Crippen LogP contribution in [0.5, 0.6) is 0 Å². The molecule has 0 radical (unpaired) electrons. The molecule has 5 nitrogen and oxygen atoms in total. The van der Waals surface area contributed by atoms with Crippen molar-refractivity contribution in [1.82, 2.24) is 4.98 Å². The summed E-state index contributed by atoms with van der Waals surface area (Å²) < 4.78 is 0.776. The van der Waals surface area contributed by atoms with E-state index in [1.54, 1.807) is 12.3 Å². The Bertz CT molecular complexity index is 357. The molecule has 0 bridgehead atoms. The van der Waals surface area contributed by atoms with E-state index in [1.165, 1.54) is 0 Å². The van der Waals surface area contributed by atoms with Crippen LogP contribution in [0, 0.1) is 0 Å². The Balaban J connectivity index is 2.40. The minimum Gasteiger partial charge on any atom is -0.481 e. The third-order valence-corrected chi connectivity index (χ3v) is 2.33. The van der Waals surface area contributed by atoms with E-state index in [-0.39, 0.29) is 6.42 Å². The molecule has 0 saturated heterocycles. The molecule has 0 aromatic carbocycles. The van der Waals surface area contributed by atoms with Gasteiger partial charge in [-0.05, 0) is 28.4 Å². The van der Waals surface area contributed by atoms with E-state index in [0.717, 1.165) is 4.47 Å². The Morgan fingerprint density at radius 3 is 3.00 bits per heavy atom.